The van der Waals surface area contributed by atoms with E-state index >= 15 is 0 Å². The number of halogens is 2. The molecule has 1 aliphatic rings. The standard InChI is InChI=1S/C27H20ClIN4O8/c1-2-40-22-12-15(11-21(29)24(22)41-14-23(34)30-17-8-6-16(28)7-9-17)10-20-25(35)31-27(37)32(26(20)36)18-4-3-5-19(13-18)33(38)39/h3-13H,2,14H2,1H3,(H,30,34)(H,31,35,37)/b20-10+. The number of nitrogens with one attached hydrogen (secondary N) is 2. The Labute approximate surface area is 251 Å². The monoisotopic (exact) mass is 690 g/mol. The van der Waals surface area contributed by atoms with Gasteiger partial charge in [-0.3, -0.25) is 29.8 Å². The van der Waals surface area contributed by atoms with Crippen LogP contribution in [0, 0.1) is 13.7 Å². The first-order valence-corrected chi connectivity index (χ1v) is 13.3. The van der Waals surface area contributed by atoms with Gasteiger partial charge in [0.15, 0.2) is 18.1 Å². The molecule has 1 saturated heterocycles. The zero-order valence-corrected chi connectivity index (χ0v) is 24.1. The van der Waals surface area contributed by atoms with E-state index in [2.05, 4.69) is 10.6 Å². The number of urea groups is 1. The SMILES string of the molecule is CCOc1cc(/C=C2\C(=O)NC(=O)N(c3cccc([N+](=O)[O-])c3)C2=O)cc(I)c1OCC(=O)Nc1ccc(Cl)cc1. The summed E-state index contributed by atoms with van der Waals surface area (Å²) in [4.78, 5) is 61.9. The van der Waals surface area contributed by atoms with Gasteiger partial charge in [-0.05, 0) is 83.6 Å². The molecule has 0 bridgehead atoms. The van der Waals surface area contributed by atoms with E-state index in [1.165, 1.54) is 30.3 Å². The van der Waals surface area contributed by atoms with Gasteiger partial charge in [0.2, 0.25) is 0 Å². The summed E-state index contributed by atoms with van der Waals surface area (Å²) in [6, 6.07) is 13.6. The summed E-state index contributed by atoms with van der Waals surface area (Å²) in [5.74, 6) is -1.80. The number of non-ortho nitro benzene ring substituents is 1. The number of nitro benzene ring substituents is 1. The second kappa shape index (κ2) is 12.8. The fourth-order valence-corrected chi connectivity index (χ4v) is 4.65. The molecule has 3 aromatic rings. The largest absolute Gasteiger partial charge is 0.490 e. The predicted octanol–water partition coefficient (Wildman–Crippen LogP) is 4.94. The lowest BCUT2D eigenvalue weighted by Gasteiger charge is -2.26. The molecule has 14 heteroatoms. The van der Waals surface area contributed by atoms with E-state index in [0.717, 1.165) is 6.07 Å². The fourth-order valence-electron chi connectivity index (χ4n) is 3.75. The number of hydrogen-bond acceptors (Lipinski definition) is 8. The molecule has 5 amide bonds. The third-order valence-electron chi connectivity index (χ3n) is 5.52. The minimum absolute atomic E-state index is 0.0784. The number of benzene rings is 3. The first-order valence-electron chi connectivity index (χ1n) is 11.9. The van der Waals surface area contributed by atoms with E-state index in [4.69, 9.17) is 21.1 Å². The number of hydrogen-bond donors (Lipinski definition) is 2. The van der Waals surface area contributed by atoms with Gasteiger partial charge in [-0.2, -0.15) is 0 Å². The van der Waals surface area contributed by atoms with Gasteiger partial charge in [0, 0.05) is 22.8 Å². The maximum absolute atomic E-state index is 13.2. The molecule has 41 heavy (non-hydrogen) atoms. The first kappa shape index (κ1) is 29.5. The molecular weight excluding hydrogens is 671 g/mol. The van der Waals surface area contributed by atoms with E-state index in [1.54, 1.807) is 37.3 Å². The van der Waals surface area contributed by atoms with Crippen molar-refractivity contribution < 1.29 is 33.6 Å². The van der Waals surface area contributed by atoms with Crippen LogP contribution in [-0.4, -0.2) is 41.9 Å². The average Bonchev–Trinajstić information content (AvgIpc) is 2.92. The van der Waals surface area contributed by atoms with Crippen LogP contribution in [0.25, 0.3) is 6.08 Å². The van der Waals surface area contributed by atoms with Crippen molar-refractivity contribution in [3.8, 4) is 11.5 Å². The summed E-state index contributed by atoms with van der Waals surface area (Å²) < 4.78 is 11.9. The highest BCUT2D eigenvalue weighted by atomic mass is 127. The van der Waals surface area contributed by atoms with E-state index in [0.29, 0.717) is 24.7 Å². The van der Waals surface area contributed by atoms with Gasteiger partial charge in [0.05, 0.1) is 20.8 Å². The normalized spacial score (nSPS) is 14.1. The van der Waals surface area contributed by atoms with Crippen molar-refractivity contribution >= 4 is 81.1 Å². The van der Waals surface area contributed by atoms with Crippen molar-refractivity contribution in [3.63, 3.8) is 0 Å². The second-order valence-corrected chi connectivity index (χ2v) is 9.94. The van der Waals surface area contributed by atoms with Crippen molar-refractivity contribution in [1.29, 1.82) is 0 Å². The summed E-state index contributed by atoms with van der Waals surface area (Å²) in [6.07, 6.45) is 1.26. The summed E-state index contributed by atoms with van der Waals surface area (Å²) in [5.41, 5.74) is 0.106. The number of ether oxygens (including phenoxy) is 2. The molecule has 0 atom stereocenters. The number of barbiturate groups is 1. The summed E-state index contributed by atoms with van der Waals surface area (Å²) in [7, 11) is 0. The Morgan fingerprint density at radius 1 is 1.12 bits per heavy atom. The quantitative estimate of drug-likeness (QED) is 0.105. The van der Waals surface area contributed by atoms with Gasteiger partial charge >= 0.3 is 6.03 Å². The predicted molar refractivity (Wildman–Crippen MR) is 158 cm³/mol. The molecule has 1 fully saturated rings. The minimum atomic E-state index is -1.04. The molecule has 12 nitrogen and oxygen atoms in total. The Bertz CT molecular complexity index is 1590. The van der Waals surface area contributed by atoms with Gasteiger partial charge in [0.1, 0.15) is 5.57 Å². The highest BCUT2D eigenvalue weighted by Gasteiger charge is 2.37. The molecule has 1 heterocycles. The van der Waals surface area contributed by atoms with Crippen LogP contribution >= 0.6 is 34.2 Å². The molecule has 0 aliphatic carbocycles. The Hall–Kier alpha value is -4.50. The van der Waals surface area contributed by atoms with Crippen LogP contribution < -0.4 is 25.0 Å². The van der Waals surface area contributed by atoms with E-state index in [9.17, 15) is 29.3 Å². The third kappa shape index (κ3) is 6.99. The second-order valence-electron chi connectivity index (χ2n) is 8.34. The molecule has 1 aliphatic heterocycles. The molecule has 3 aromatic carbocycles. The topological polar surface area (TPSA) is 157 Å². The van der Waals surface area contributed by atoms with Gasteiger partial charge in [0.25, 0.3) is 23.4 Å². The van der Waals surface area contributed by atoms with Crippen molar-refractivity contribution in [2.75, 3.05) is 23.4 Å². The van der Waals surface area contributed by atoms with E-state index in [1.807, 2.05) is 22.6 Å². The maximum atomic E-state index is 13.2. The third-order valence-corrected chi connectivity index (χ3v) is 6.57. The zero-order chi connectivity index (χ0) is 29.7. The van der Waals surface area contributed by atoms with Crippen LogP contribution in [0.4, 0.5) is 21.9 Å². The van der Waals surface area contributed by atoms with Crippen molar-refractivity contribution in [2.24, 2.45) is 0 Å². The first-order chi connectivity index (χ1) is 19.6. The van der Waals surface area contributed by atoms with Crippen molar-refractivity contribution in [2.45, 2.75) is 6.92 Å². The zero-order valence-electron chi connectivity index (χ0n) is 21.2. The van der Waals surface area contributed by atoms with Gasteiger partial charge in [-0.15, -0.1) is 0 Å². The molecule has 0 radical (unpaired) electrons. The van der Waals surface area contributed by atoms with Crippen LogP contribution in [0.3, 0.4) is 0 Å². The number of amides is 5. The van der Waals surface area contributed by atoms with Crippen LogP contribution in [0.1, 0.15) is 12.5 Å². The molecule has 0 unspecified atom stereocenters. The highest BCUT2D eigenvalue weighted by Crippen LogP contribution is 2.35. The van der Waals surface area contributed by atoms with Crippen LogP contribution in [-0.2, 0) is 14.4 Å². The van der Waals surface area contributed by atoms with Gasteiger partial charge < -0.3 is 14.8 Å². The number of imide groups is 2. The Morgan fingerprint density at radius 2 is 1.85 bits per heavy atom. The summed E-state index contributed by atoms with van der Waals surface area (Å²) >= 11 is 7.83. The van der Waals surface area contributed by atoms with Gasteiger partial charge in [-0.25, -0.2) is 9.69 Å². The number of anilines is 2. The molecule has 0 spiro atoms. The lowest BCUT2D eigenvalue weighted by Crippen LogP contribution is -2.54. The smallest absolute Gasteiger partial charge is 0.335 e. The van der Waals surface area contributed by atoms with E-state index in [-0.39, 0.29) is 41.7 Å². The molecule has 0 saturated carbocycles. The highest BCUT2D eigenvalue weighted by molar-refractivity contribution is 14.1. The average molecular weight is 691 g/mol. The minimum Gasteiger partial charge on any atom is -0.490 e. The summed E-state index contributed by atoms with van der Waals surface area (Å²) in [6.45, 7) is 1.66. The molecular formula is C27H20ClIN4O8. The molecule has 210 valence electrons. The van der Waals surface area contributed by atoms with Crippen LogP contribution in [0.5, 0.6) is 11.5 Å². The lowest BCUT2D eigenvalue weighted by molar-refractivity contribution is -0.384. The Morgan fingerprint density at radius 3 is 2.54 bits per heavy atom. The van der Waals surface area contributed by atoms with E-state index < -0.39 is 28.7 Å². The van der Waals surface area contributed by atoms with Gasteiger partial charge in [-0.1, -0.05) is 17.7 Å². The number of nitro groups is 1. The molecule has 4 rings (SSSR count). The summed E-state index contributed by atoms with van der Waals surface area (Å²) in [5, 5.41) is 16.5. The van der Waals surface area contributed by atoms with Crippen LogP contribution in [0.15, 0.2) is 66.2 Å². The molecule has 0 aromatic heterocycles. The fraction of sp³-hybridized carbons (Fsp3) is 0.111. The van der Waals surface area contributed by atoms with Crippen molar-refractivity contribution in [1.82, 2.24) is 5.32 Å². The Balaban J connectivity index is 1.59. The number of rotatable bonds is 9. The van der Waals surface area contributed by atoms with Crippen molar-refractivity contribution in [3.05, 3.63) is 90.5 Å². The van der Waals surface area contributed by atoms with Crippen LogP contribution in [0.2, 0.25) is 5.02 Å². The number of carbonyl (C=O) groups excluding carboxylic acids is 4. The lowest BCUT2D eigenvalue weighted by atomic mass is 10.1. The Kier molecular flexibility index (Phi) is 9.19. The molecule has 2 N–H and O–H groups in total. The number of carbonyl (C=O) groups is 4. The number of nitrogens with zero attached hydrogens (tertiary/aromatic N) is 2. The maximum Gasteiger partial charge on any atom is 0.335 e.